The van der Waals surface area contributed by atoms with E-state index < -0.39 is 0 Å². The number of nitrogens with zero attached hydrogens (tertiary/aromatic N) is 4. The maximum Gasteiger partial charge on any atom is 0.211 e. The maximum atomic E-state index is 5.35. The van der Waals surface area contributed by atoms with Gasteiger partial charge >= 0.3 is 0 Å². The van der Waals surface area contributed by atoms with E-state index in [1.807, 2.05) is 23.9 Å². The average molecular weight is 800 g/mol. The molecule has 10 aromatic rings. The lowest BCUT2D eigenvalue weighted by atomic mass is 9.99. The van der Waals surface area contributed by atoms with Gasteiger partial charge in [-0.1, -0.05) is 169 Å². The van der Waals surface area contributed by atoms with Gasteiger partial charge in [0.25, 0.3) is 0 Å². The quantitative estimate of drug-likeness (QED) is 0.189. The molecule has 9 aromatic carbocycles. The van der Waals surface area contributed by atoms with Crippen LogP contribution in [0.2, 0.25) is 0 Å². The molecule has 6 heteroatoms. The second-order valence-corrected chi connectivity index (χ2v) is 16.5. The predicted molar refractivity (Wildman–Crippen MR) is 255 cm³/mol. The molecule has 0 aliphatic carbocycles. The normalized spacial score (nSPS) is 14.6. The van der Waals surface area contributed by atoms with Gasteiger partial charge in [0.2, 0.25) is 5.96 Å². The summed E-state index contributed by atoms with van der Waals surface area (Å²) in [7, 11) is 0. The molecule has 61 heavy (non-hydrogen) atoms. The first-order chi connectivity index (χ1) is 30.2. The Morgan fingerprint density at radius 2 is 1.08 bits per heavy atom. The van der Waals surface area contributed by atoms with Crippen molar-refractivity contribution in [2.75, 3.05) is 4.90 Å². The van der Waals surface area contributed by atoms with Gasteiger partial charge in [-0.05, 0) is 93.2 Å². The van der Waals surface area contributed by atoms with Crippen molar-refractivity contribution in [1.82, 2.24) is 9.88 Å². The molecule has 0 bridgehead atoms. The first-order valence-corrected chi connectivity index (χ1v) is 21.4. The number of nitrogens with one attached hydrogen (secondary N) is 1. The molecule has 1 N–H and O–H groups in total. The molecule has 0 spiro atoms. The second kappa shape index (κ2) is 14.6. The Bertz CT molecular complexity index is 3360. The predicted octanol–water partition coefficient (Wildman–Crippen LogP) is 14.2. The summed E-state index contributed by atoms with van der Waals surface area (Å²) in [6.45, 7) is 0. The molecular weight excluding hydrogens is 763 g/mol. The minimum atomic E-state index is -0.337. The van der Waals surface area contributed by atoms with Crippen molar-refractivity contribution in [3.05, 3.63) is 223 Å². The van der Waals surface area contributed by atoms with Gasteiger partial charge in [0.15, 0.2) is 5.84 Å². The highest BCUT2D eigenvalue weighted by Gasteiger charge is 2.27. The zero-order chi connectivity index (χ0) is 40.3. The lowest BCUT2D eigenvalue weighted by Crippen LogP contribution is -2.37. The molecule has 1 atom stereocenters. The Morgan fingerprint density at radius 1 is 0.459 bits per heavy atom. The molecule has 0 amide bonds. The third-order valence-corrected chi connectivity index (χ3v) is 13.0. The van der Waals surface area contributed by atoms with Gasteiger partial charge in [-0.25, -0.2) is 4.99 Å². The van der Waals surface area contributed by atoms with E-state index in [4.69, 9.17) is 9.98 Å². The summed E-state index contributed by atoms with van der Waals surface area (Å²) in [4.78, 5) is 15.5. The van der Waals surface area contributed by atoms with Gasteiger partial charge in [-0.2, -0.15) is 4.99 Å². The number of rotatable bonds is 5. The Hall–Kier alpha value is -7.67. The minimum Gasteiger partial charge on any atom is -0.330 e. The monoisotopic (exact) mass is 799 g/mol. The van der Waals surface area contributed by atoms with Crippen LogP contribution in [0.4, 0.5) is 17.1 Å². The summed E-state index contributed by atoms with van der Waals surface area (Å²) in [6.07, 6.45) is -0.337. The van der Waals surface area contributed by atoms with Gasteiger partial charge in [0.1, 0.15) is 6.17 Å². The summed E-state index contributed by atoms with van der Waals surface area (Å²) in [5.41, 5.74) is 12.3. The summed E-state index contributed by atoms with van der Waals surface area (Å²) < 4.78 is 2.29. The molecule has 0 fully saturated rings. The highest BCUT2D eigenvalue weighted by atomic mass is 32.2. The number of anilines is 3. The lowest BCUT2D eigenvalue weighted by Gasteiger charge is -2.33. The van der Waals surface area contributed by atoms with Crippen LogP contribution in [-0.2, 0) is 0 Å². The maximum absolute atomic E-state index is 5.35. The third kappa shape index (κ3) is 6.11. The van der Waals surface area contributed by atoms with Gasteiger partial charge in [0.05, 0.1) is 22.4 Å². The summed E-state index contributed by atoms with van der Waals surface area (Å²) >= 11 is 1.83. The highest BCUT2D eigenvalue weighted by Crippen LogP contribution is 2.52. The second-order valence-electron chi connectivity index (χ2n) is 15.5. The van der Waals surface area contributed by atoms with Gasteiger partial charge in [-0.3, -0.25) is 4.57 Å². The Labute approximate surface area is 358 Å². The fourth-order valence-corrected chi connectivity index (χ4v) is 9.95. The molecule has 2 aliphatic rings. The Morgan fingerprint density at radius 3 is 1.92 bits per heavy atom. The van der Waals surface area contributed by atoms with Crippen LogP contribution in [0, 0.1) is 0 Å². The molecule has 5 nitrogen and oxygen atoms in total. The number of benzene rings is 9. The van der Waals surface area contributed by atoms with Crippen LogP contribution in [-0.4, -0.2) is 16.4 Å². The van der Waals surface area contributed by atoms with Crippen LogP contribution in [0.1, 0.15) is 17.3 Å². The number of amidine groups is 1. The molecule has 1 aromatic heterocycles. The topological polar surface area (TPSA) is 44.9 Å². The van der Waals surface area contributed by atoms with Crippen LogP contribution in [0.15, 0.2) is 232 Å². The smallest absolute Gasteiger partial charge is 0.211 e. The average Bonchev–Trinajstić information content (AvgIpc) is 3.68. The van der Waals surface area contributed by atoms with Crippen molar-refractivity contribution >= 4 is 73.2 Å². The van der Waals surface area contributed by atoms with Crippen molar-refractivity contribution in [3.63, 3.8) is 0 Å². The molecule has 3 heterocycles. The number of aliphatic imine (C=N–C) groups is 2. The third-order valence-electron chi connectivity index (χ3n) is 11.8. The fourth-order valence-electron chi connectivity index (χ4n) is 8.92. The van der Waals surface area contributed by atoms with Crippen molar-refractivity contribution in [2.45, 2.75) is 16.0 Å². The molecule has 0 radical (unpaired) electrons. The molecule has 288 valence electrons. The van der Waals surface area contributed by atoms with E-state index in [9.17, 15) is 0 Å². The van der Waals surface area contributed by atoms with Crippen molar-refractivity contribution in [3.8, 4) is 22.3 Å². The summed E-state index contributed by atoms with van der Waals surface area (Å²) in [6, 6.07) is 75.8. The van der Waals surface area contributed by atoms with Crippen LogP contribution in [0.25, 0.3) is 54.8 Å². The summed E-state index contributed by atoms with van der Waals surface area (Å²) in [5, 5.41) is 8.53. The van der Waals surface area contributed by atoms with Gasteiger partial charge in [0, 0.05) is 31.8 Å². The van der Waals surface area contributed by atoms with E-state index in [1.54, 1.807) is 0 Å². The number of aromatic nitrogens is 1. The Balaban J connectivity index is 1.03. The largest absolute Gasteiger partial charge is 0.330 e. The molecule has 0 saturated carbocycles. The standard InChI is InChI=1S/C55H37N5S/c1-4-14-36(15-5-1)37-24-26-40(27-25-37)54-56-53(39-17-6-2-7-18-39)57-55(58-54)60-46-31-29-41(34-45(46)52-44-21-11-10-16-38(44)28-32-48(52)60)42-30-33-51-49(35-42)59(43-19-8-3-9-20-43)47-22-12-13-23-50(47)61-51/h1-35,53H,(H,56,57,58). The van der Waals surface area contributed by atoms with Crippen LogP contribution in [0.3, 0.4) is 0 Å². The van der Waals surface area contributed by atoms with Crippen molar-refractivity contribution in [2.24, 2.45) is 9.98 Å². The van der Waals surface area contributed by atoms with Crippen molar-refractivity contribution in [1.29, 1.82) is 0 Å². The molecule has 2 aliphatic heterocycles. The molecule has 12 rings (SSSR count). The van der Waals surface area contributed by atoms with Gasteiger partial charge < -0.3 is 10.2 Å². The number of hydrogen-bond acceptors (Lipinski definition) is 5. The summed E-state index contributed by atoms with van der Waals surface area (Å²) in [5.74, 6) is 1.42. The van der Waals surface area contributed by atoms with E-state index in [1.165, 1.54) is 48.3 Å². The van der Waals surface area contributed by atoms with Crippen LogP contribution in [0.5, 0.6) is 0 Å². The zero-order valence-corrected chi connectivity index (χ0v) is 33.8. The van der Waals surface area contributed by atoms with E-state index in [0.29, 0.717) is 5.84 Å². The number of para-hydroxylation sites is 2. The minimum absolute atomic E-state index is 0.337. The van der Waals surface area contributed by atoms with E-state index >= 15 is 0 Å². The lowest BCUT2D eigenvalue weighted by molar-refractivity contribution is 0.661. The molecule has 0 saturated heterocycles. The van der Waals surface area contributed by atoms with Crippen LogP contribution >= 0.6 is 11.8 Å². The van der Waals surface area contributed by atoms with Crippen molar-refractivity contribution < 1.29 is 0 Å². The Kier molecular flexibility index (Phi) is 8.42. The van der Waals surface area contributed by atoms with Crippen LogP contribution < -0.4 is 10.2 Å². The number of hydrogen-bond donors (Lipinski definition) is 1. The molecule has 1 unspecified atom stereocenters. The fraction of sp³-hybridized carbons (Fsp3) is 0.0182. The first kappa shape index (κ1) is 35.3. The SMILES string of the molecule is c1ccc(-c2ccc(C3=NC(c4ccccc4)NC(n4c5ccc(-c6ccc7c(c6)N(c6ccccc6)c6ccccc6S7)cc5c5c6ccccc6ccc54)=N3)cc2)cc1. The van der Waals surface area contributed by atoms with Gasteiger partial charge in [-0.15, -0.1) is 0 Å². The number of fused-ring (bicyclic) bond motifs is 7. The van der Waals surface area contributed by atoms with E-state index in [-0.39, 0.29) is 6.17 Å². The van der Waals surface area contributed by atoms with E-state index in [2.05, 4.69) is 215 Å². The van der Waals surface area contributed by atoms with E-state index in [0.717, 1.165) is 50.5 Å². The molecular formula is C55H37N5S. The zero-order valence-electron chi connectivity index (χ0n) is 33.0. The first-order valence-electron chi connectivity index (χ1n) is 20.6. The highest BCUT2D eigenvalue weighted by molar-refractivity contribution is 7.99.